The van der Waals surface area contributed by atoms with Crippen molar-refractivity contribution in [2.45, 2.75) is 19.5 Å². The summed E-state index contributed by atoms with van der Waals surface area (Å²) >= 11 is 1.64. The van der Waals surface area contributed by atoms with Crippen LogP contribution in [0.25, 0.3) is 0 Å². The van der Waals surface area contributed by atoms with Gasteiger partial charge in [0.15, 0.2) is 5.13 Å². The summed E-state index contributed by atoms with van der Waals surface area (Å²) in [4.78, 5) is 11.7. The number of hydrogen-bond acceptors (Lipinski definition) is 6. The van der Waals surface area contributed by atoms with Gasteiger partial charge in [0, 0.05) is 39.1 Å². The van der Waals surface area contributed by atoms with Crippen molar-refractivity contribution in [3.63, 3.8) is 0 Å². The molecule has 0 aliphatic carbocycles. The van der Waals surface area contributed by atoms with Crippen molar-refractivity contribution >= 4 is 16.5 Å². The molecule has 6 heteroatoms. The number of rotatable bonds is 6. The minimum atomic E-state index is 0.235. The minimum Gasteiger partial charge on any atom is -0.480 e. The predicted molar refractivity (Wildman–Crippen MR) is 82.5 cm³/mol. The molecule has 0 spiro atoms. The molecule has 0 unspecified atom stereocenters. The standard InChI is InChI=1S/C14H20N4OS/c1-10(11-6-5-7-15-8-11)16-9-12-13(19-4)17-14(20-12)18(2)3/h5-8,10,16H,9H2,1-4H3/t10-/m1/s1. The van der Waals surface area contributed by atoms with Crippen molar-refractivity contribution in [1.82, 2.24) is 15.3 Å². The SMILES string of the molecule is COc1nc(N(C)C)sc1CN[C@H](C)c1cccnc1. The molecule has 2 rings (SSSR count). The zero-order chi connectivity index (χ0) is 14.5. The minimum absolute atomic E-state index is 0.235. The van der Waals surface area contributed by atoms with E-state index in [4.69, 9.17) is 4.74 Å². The lowest BCUT2D eigenvalue weighted by Gasteiger charge is -2.13. The van der Waals surface area contributed by atoms with Crippen molar-refractivity contribution in [1.29, 1.82) is 0 Å². The molecule has 0 fully saturated rings. The highest BCUT2D eigenvalue weighted by Crippen LogP contribution is 2.30. The third-order valence-electron chi connectivity index (χ3n) is 2.98. The first-order chi connectivity index (χ1) is 9.61. The topological polar surface area (TPSA) is 50.3 Å². The van der Waals surface area contributed by atoms with Crippen LogP contribution in [0.3, 0.4) is 0 Å². The van der Waals surface area contributed by atoms with Gasteiger partial charge in [0.25, 0.3) is 0 Å². The average molecular weight is 292 g/mol. The van der Waals surface area contributed by atoms with Gasteiger partial charge < -0.3 is 15.0 Å². The summed E-state index contributed by atoms with van der Waals surface area (Å²) < 4.78 is 5.33. The number of ether oxygens (including phenoxy) is 1. The molecular formula is C14H20N4OS. The van der Waals surface area contributed by atoms with E-state index < -0.39 is 0 Å². The fraction of sp³-hybridized carbons (Fsp3) is 0.429. The number of aromatic nitrogens is 2. The van der Waals surface area contributed by atoms with Gasteiger partial charge in [0.2, 0.25) is 5.88 Å². The Morgan fingerprint density at radius 2 is 2.25 bits per heavy atom. The first-order valence-corrected chi connectivity index (χ1v) is 7.27. The van der Waals surface area contributed by atoms with Crippen LogP contribution < -0.4 is 15.0 Å². The van der Waals surface area contributed by atoms with Gasteiger partial charge in [-0.2, -0.15) is 4.98 Å². The molecule has 0 aliphatic rings. The van der Waals surface area contributed by atoms with Crippen LogP contribution in [0.1, 0.15) is 23.4 Å². The molecule has 1 N–H and O–H groups in total. The van der Waals surface area contributed by atoms with E-state index in [1.807, 2.05) is 31.3 Å². The Bertz CT molecular complexity index is 541. The summed E-state index contributed by atoms with van der Waals surface area (Å²) in [5, 5.41) is 4.43. The van der Waals surface area contributed by atoms with E-state index in [9.17, 15) is 0 Å². The largest absolute Gasteiger partial charge is 0.480 e. The molecule has 2 heterocycles. The van der Waals surface area contributed by atoms with Crippen LogP contribution >= 0.6 is 11.3 Å². The Morgan fingerprint density at radius 1 is 1.45 bits per heavy atom. The van der Waals surface area contributed by atoms with E-state index in [1.165, 1.54) is 5.56 Å². The second-order valence-corrected chi connectivity index (χ2v) is 5.77. The van der Waals surface area contributed by atoms with Gasteiger partial charge in [-0.1, -0.05) is 17.4 Å². The number of anilines is 1. The molecule has 0 bridgehead atoms. The Kier molecular flexibility index (Phi) is 4.92. The van der Waals surface area contributed by atoms with Crippen LogP contribution in [0.2, 0.25) is 0 Å². The van der Waals surface area contributed by atoms with E-state index >= 15 is 0 Å². The highest BCUT2D eigenvalue weighted by Gasteiger charge is 2.14. The summed E-state index contributed by atoms with van der Waals surface area (Å²) in [6.45, 7) is 2.85. The molecule has 2 aromatic heterocycles. The summed E-state index contributed by atoms with van der Waals surface area (Å²) in [5.74, 6) is 0.699. The van der Waals surface area contributed by atoms with Crippen LogP contribution in [0.5, 0.6) is 5.88 Å². The van der Waals surface area contributed by atoms with E-state index in [2.05, 4.69) is 28.3 Å². The fourth-order valence-corrected chi connectivity index (χ4v) is 2.69. The predicted octanol–water partition coefficient (Wildman–Crippen LogP) is 2.46. The zero-order valence-electron chi connectivity index (χ0n) is 12.3. The van der Waals surface area contributed by atoms with Crippen molar-refractivity contribution in [2.24, 2.45) is 0 Å². The normalized spacial score (nSPS) is 12.2. The number of thiazole rings is 1. The number of nitrogens with zero attached hydrogens (tertiary/aromatic N) is 3. The van der Waals surface area contributed by atoms with Gasteiger partial charge in [-0.05, 0) is 18.6 Å². The van der Waals surface area contributed by atoms with Gasteiger partial charge in [-0.15, -0.1) is 0 Å². The van der Waals surface area contributed by atoms with Gasteiger partial charge in [0.05, 0.1) is 12.0 Å². The fourth-order valence-electron chi connectivity index (χ4n) is 1.78. The van der Waals surface area contributed by atoms with Crippen molar-refractivity contribution < 1.29 is 4.74 Å². The molecule has 0 aromatic carbocycles. The Balaban J connectivity index is 2.03. The van der Waals surface area contributed by atoms with Gasteiger partial charge in [0.1, 0.15) is 0 Å². The maximum atomic E-state index is 5.33. The first kappa shape index (κ1) is 14.7. The third kappa shape index (κ3) is 3.46. The summed E-state index contributed by atoms with van der Waals surface area (Å²) in [5.41, 5.74) is 1.17. The maximum absolute atomic E-state index is 5.33. The zero-order valence-corrected chi connectivity index (χ0v) is 13.1. The summed E-state index contributed by atoms with van der Waals surface area (Å²) in [7, 11) is 5.62. The van der Waals surface area contributed by atoms with E-state index in [0.717, 1.165) is 16.6 Å². The lowest BCUT2D eigenvalue weighted by Crippen LogP contribution is -2.17. The van der Waals surface area contributed by atoms with Crippen LogP contribution in [-0.4, -0.2) is 31.2 Å². The summed E-state index contributed by atoms with van der Waals surface area (Å²) in [6, 6.07) is 4.25. The molecule has 1 atom stereocenters. The lowest BCUT2D eigenvalue weighted by atomic mass is 10.1. The van der Waals surface area contributed by atoms with Crippen molar-refractivity contribution in [3.8, 4) is 5.88 Å². The second kappa shape index (κ2) is 6.67. The van der Waals surface area contributed by atoms with Crippen LogP contribution in [0, 0.1) is 0 Å². The van der Waals surface area contributed by atoms with Crippen molar-refractivity contribution in [2.75, 3.05) is 26.1 Å². The molecule has 0 amide bonds. The third-order valence-corrected chi connectivity index (χ3v) is 4.18. The van der Waals surface area contributed by atoms with Gasteiger partial charge in [-0.3, -0.25) is 4.98 Å². The van der Waals surface area contributed by atoms with E-state index in [-0.39, 0.29) is 6.04 Å². The Labute approximate surface area is 123 Å². The Hall–Kier alpha value is -1.66. The second-order valence-electron chi connectivity index (χ2n) is 4.71. The molecule has 0 aliphatic heterocycles. The summed E-state index contributed by atoms with van der Waals surface area (Å²) in [6.07, 6.45) is 3.67. The molecule has 108 valence electrons. The average Bonchev–Trinajstić information content (AvgIpc) is 2.89. The van der Waals surface area contributed by atoms with Gasteiger partial charge in [-0.25, -0.2) is 0 Å². The van der Waals surface area contributed by atoms with Crippen LogP contribution in [0.15, 0.2) is 24.5 Å². The highest BCUT2D eigenvalue weighted by atomic mass is 32.1. The molecular weight excluding hydrogens is 272 g/mol. The van der Waals surface area contributed by atoms with Crippen LogP contribution in [-0.2, 0) is 6.54 Å². The van der Waals surface area contributed by atoms with Crippen LogP contribution in [0.4, 0.5) is 5.13 Å². The van der Waals surface area contributed by atoms with Gasteiger partial charge >= 0.3 is 0 Å². The molecule has 0 saturated carbocycles. The van der Waals surface area contributed by atoms with E-state index in [0.29, 0.717) is 5.88 Å². The molecule has 0 radical (unpaired) electrons. The lowest BCUT2D eigenvalue weighted by molar-refractivity contribution is 0.393. The number of nitrogens with one attached hydrogen (secondary N) is 1. The molecule has 2 aromatic rings. The van der Waals surface area contributed by atoms with Crippen molar-refractivity contribution in [3.05, 3.63) is 35.0 Å². The molecule has 20 heavy (non-hydrogen) atoms. The number of methoxy groups -OCH3 is 1. The Morgan fingerprint density at radius 3 is 2.85 bits per heavy atom. The number of pyridine rings is 1. The quantitative estimate of drug-likeness (QED) is 0.886. The molecule has 5 nitrogen and oxygen atoms in total. The van der Waals surface area contributed by atoms with E-state index in [1.54, 1.807) is 24.6 Å². The first-order valence-electron chi connectivity index (χ1n) is 6.46. The molecule has 0 saturated heterocycles. The number of hydrogen-bond donors (Lipinski definition) is 1. The monoisotopic (exact) mass is 292 g/mol. The maximum Gasteiger partial charge on any atom is 0.230 e. The smallest absolute Gasteiger partial charge is 0.230 e. The highest BCUT2D eigenvalue weighted by molar-refractivity contribution is 7.15.